The van der Waals surface area contributed by atoms with Crippen LogP contribution in [0.4, 0.5) is 10.5 Å². The second-order valence-electron chi connectivity index (χ2n) is 4.31. The number of amides is 1. The van der Waals surface area contributed by atoms with Crippen molar-refractivity contribution in [2.75, 3.05) is 5.32 Å². The lowest BCUT2D eigenvalue weighted by atomic mass is 10.2. The molecule has 0 heterocycles. The van der Waals surface area contributed by atoms with E-state index in [1.54, 1.807) is 0 Å². The van der Waals surface area contributed by atoms with Gasteiger partial charge in [0.1, 0.15) is 6.61 Å². The van der Waals surface area contributed by atoms with E-state index in [1.165, 1.54) is 12.1 Å². The fourth-order valence-corrected chi connectivity index (χ4v) is 3.06. The van der Waals surface area contributed by atoms with Crippen molar-refractivity contribution in [3.63, 3.8) is 0 Å². The molecule has 0 fully saturated rings. The van der Waals surface area contributed by atoms with Crippen molar-refractivity contribution in [3.8, 4) is 0 Å². The first kappa shape index (κ1) is 16.5. The second kappa shape index (κ2) is 7.42. The van der Waals surface area contributed by atoms with E-state index in [0.717, 1.165) is 5.56 Å². The molecule has 0 saturated carbocycles. The molecule has 114 valence electrons. The third kappa shape index (κ3) is 4.32. The number of ether oxygens (including phenoxy) is 1. The molecule has 0 aliphatic rings. The average molecular weight is 429 g/mol. The number of hydrogen-bond donors (Lipinski definition) is 2. The maximum absolute atomic E-state index is 11.8. The molecular weight excluding hydrogens is 418 g/mol. The van der Waals surface area contributed by atoms with Crippen molar-refractivity contribution in [1.82, 2.24) is 0 Å². The van der Waals surface area contributed by atoms with Crippen molar-refractivity contribution in [2.45, 2.75) is 6.61 Å². The number of carbonyl (C=O) groups is 2. The van der Waals surface area contributed by atoms with E-state index in [9.17, 15) is 9.59 Å². The fourth-order valence-electron chi connectivity index (χ4n) is 1.68. The van der Waals surface area contributed by atoms with Gasteiger partial charge in [-0.25, -0.2) is 9.59 Å². The third-order valence-electron chi connectivity index (χ3n) is 2.73. The summed E-state index contributed by atoms with van der Waals surface area (Å²) in [6.45, 7) is 0.148. The molecule has 0 aromatic heterocycles. The first-order valence-electron chi connectivity index (χ1n) is 6.17. The van der Waals surface area contributed by atoms with Crippen LogP contribution >= 0.6 is 31.9 Å². The normalized spacial score (nSPS) is 10.1. The molecule has 0 aliphatic carbocycles. The van der Waals surface area contributed by atoms with Gasteiger partial charge in [0, 0.05) is 8.95 Å². The van der Waals surface area contributed by atoms with E-state index in [-0.39, 0.29) is 12.2 Å². The van der Waals surface area contributed by atoms with Gasteiger partial charge in [0.05, 0.1) is 11.3 Å². The minimum atomic E-state index is -1.06. The molecule has 1 amide bonds. The van der Waals surface area contributed by atoms with Gasteiger partial charge in [-0.15, -0.1) is 0 Å². The van der Waals surface area contributed by atoms with Crippen LogP contribution in [0.5, 0.6) is 0 Å². The van der Waals surface area contributed by atoms with Gasteiger partial charge in [0.2, 0.25) is 0 Å². The van der Waals surface area contributed by atoms with Crippen LogP contribution in [0.1, 0.15) is 15.9 Å². The van der Waals surface area contributed by atoms with Crippen LogP contribution in [0.25, 0.3) is 0 Å². The summed E-state index contributed by atoms with van der Waals surface area (Å²) in [7, 11) is 0. The Labute approximate surface area is 143 Å². The smallest absolute Gasteiger partial charge is 0.412 e. The van der Waals surface area contributed by atoms with E-state index >= 15 is 0 Å². The highest BCUT2D eigenvalue weighted by molar-refractivity contribution is 9.11. The largest absolute Gasteiger partial charge is 0.478 e. The minimum Gasteiger partial charge on any atom is -0.478 e. The highest BCUT2D eigenvalue weighted by atomic mass is 79.9. The molecule has 2 N–H and O–H groups in total. The maximum Gasteiger partial charge on any atom is 0.412 e. The Bertz CT molecular complexity index is 681. The number of rotatable bonds is 4. The van der Waals surface area contributed by atoms with Crippen molar-refractivity contribution in [1.29, 1.82) is 0 Å². The number of hydrogen-bond acceptors (Lipinski definition) is 3. The number of anilines is 1. The van der Waals surface area contributed by atoms with Gasteiger partial charge in [-0.3, -0.25) is 5.32 Å². The Hall–Kier alpha value is -1.86. The zero-order valence-electron chi connectivity index (χ0n) is 11.2. The monoisotopic (exact) mass is 427 g/mol. The lowest BCUT2D eigenvalue weighted by molar-refractivity contribution is 0.0696. The molecule has 0 spiro atoms. The van der Waals surface area contributed by atoms with Gasteiger partial charge in [0.15, 0.2) is 0 Å². The average Bonchev–Trinajstić information content (AvgIpc) is 2.49. The molecule has 0 atom stereocenters. The zero-order valence-corrected chi connectivity index (χ0v) is 14.3. The first-order valence-corrected chi connectivity index (χ1v) is 7.76. The van der Waals surface area contributed by atoms with Gasteiger partial charge in [-0.2, -0.15) is 0 Å². The number of carboxylic acids is 1. The SMILES string of the molecule is O=C(Nc1c(Br)cc(C(=O)O)cc1Br)OCc1ccccc1. The Morgan fingerprint density at radius 1 is 1.09 bits per heavy atom. The highest BCUT2D eigenvalue weighted by Crippen LogP contribution is 2.32. The highest BCUT2D eigenvalue weighted by Gasteiger charge is 2.14. The van der Waals surface area contributed by atoms with Crippen molar-refractivity contribution in [3.05, 3.63) is 62.5 Å². The van der Waals surface area contributed by atoms with Crippen LogP contribution in [0.2, 0.25) is 0 Å². The van der Waals surface area contributed by atoms with Crippen LogP contribution in [0, 0.1) is 0 Å². The number of carbonyl (C=O) groups excluding carboxylic acids is 1. The van der Waals surface area contributed by atoms with E-state index < -0.39 is 12.1 Å². The quantitative estimate of drug-likeness (QED) is 0.742. The molecule has 0 radical (unpaired) electrons. The summed E-state index contributed by atoms with van der Waals surface area (Å²) in [5, 5.41) is 11.5. The topological polar surface area (TPSA) is 75.6 Å². The van der Waals surface area contributed by atoms with Crippen LogP contribution < -0.4 is 5.32 Å². The molecule has 0 saturated heterocycles. The molecule has 2 aromatic carbocycles. The van der Waals surface area contributed by atoms with Crippen molar-refractivity contribution < 1.29 is 19.4 Å². The minimum absolute atomic E-state index is 0.0990. The molecule has 7 heteroatoms. The predicted molar refractivity (Wildman–Crippen MR) is 89.1 cm³/mol. The molecule has 0 aliphatic heterocycles. The van der Waals surface area contributed by atoms with E-state index in [1.807, 2.05) is 30.3 Å². The number of halogens is 2. The van der Waals surface area contributed by atoms with Gasteiger partial charge in [-0.1, -0.05) is 30.3 Å². The van der Waals surface area contributed by atoms with Crippen LogP contribution in [0.3, 0.4) is 0 Å². The van der Waals surface area contributed by atoms with Gasteiger partial charge in [0.25, 0.3) is 0 Å². The van der Waals surface area contributed by atoms with E-state index in [0.29, 0.717) is 14.6 Å². The number of nitrogens with one attached hydrogen (secondary N) is 1. The predicted octanol–water partition coefficient (Wildman–Crippen LogP) is 4.66. The standard InChI is InChI=1S/C15H11Br2NO4/c16-11-6-10(14(19)20)7-12(17)13(11)18-15(21)22-8-9-4-2-1-3-5-9/h1-7H,8H2,(H,18,21)(H,19,20). The third-order valence-corrected chi connectivity index (χ3v) is 3.98. The molecule has 22 heavy (non-hydrogen) atoms. The van der Waals surface area contributed by atoms with Gasteiger partial charge >= 0.3 is 12.1 Å². The molecule has 0 bridgehead atoms. The number of benzene rings is 2. The second-order valence-corrected chi connectivity index (χ2v) is 6.02. The Balaban J connectivity index is 2.04. The van der Waals surface area contributed by atoms with Crippen molar-refractivity contribution in [2.24, 2.45) is 0 Å². The Morgan fingerprint density at radius 3 is 2.23 bits per heavy atom. The van der Waals surface area contributed by atoms with Gasteiger partial charge in [-0.05, 0) is 49.6 Å². The summed E-state index contributed by atoms with van der Waals surface area (Å²) >= 11 is 6.45. The molecule has 2 aromatic rings. The zero-order chi connectivity index (χ0) is 16.1. The first-order chi connectivity index (χ1) is 10.5. The fraction of sp³-hybridized carbons (Fsp3) is 0.0667. The summed E-state index contributed by atoms with van der Waals surface area (Å²) in [5.41, 5.74) is 1.38. The Kier molecular flexibility index (Phi) is 5.57. The van der Waals surface area contributed by atoms with Crippen molar-refractivity contribution >= 4 is 49.6 Å². The summed E-state index contributed by atoms with van der Waals surface area (Å²) in [4.78, 5) is 22.8. The summed E-state index contributed by atoms with van der Waals surface area (Å²) in [5.74, 6) is -1.06. The summed E-state index contributed by atoms with van der Waals surface area (Å²) < 4.78 is 5.99. The number of carboxylic acid groups (broad SMARTS) is 1. The van der Waals surface area contributed by atoms with Crippen LogP contribution in [0.15, 0.2) is 51.4 Å². The van der Waals surface area contributed by atoms with Crippen LogP contribution in [-0.4, -0.2) is 17.2 Å². The van der Waals surface area contributed by atoms with E-state index in [2.05, 4.69) is 37.2 Å². The van der Waals surface area contributed by atoms with E-state index in [4.69, 9.17) is 9.84 Å². The maximum atomic E-state index is 11.8. The Morgan fingerprint density at radius 2 is 1.68 bits per heavy atom. The molecule has 0 unspecified atom stereocenters. The summed E-state index contributed by atoms with van der Waals surface area (Å²) in [6.07, 6.45) is -0.631. The van der Waals surface area contributed by atoms with Gasteiger partial charge < -0.3 is 9.84 Å². The molecule has 5 nitrogen and oxygen atoms in total. The molecular formula is C15H11Br2NO4. The lowest BCUT2D eigenvalue weighted by Crippen LogP contribution is -2.14. The summed E-state index contributed by atoms with van der Waals surface area (Å²) in [6, 6.07) is 12.1. The lowest BCUT2D eigenvalue weighted by Gasteiger charge is -2.11. The number of aromatic carboxylic acids is 1. The van der Waals surface area contributed by atoms with Crippen LogP contribution in [-0.2, 0) is 11.3 Å². The molecule has 2 rings (SSSR count).